The van der Waals surface area contributed by atoms with Crippen LogP contribution in [0.5, 0.6) is 0 Å². The van der Waals surface area contributed by atoms with E-state index < -0.39 is 0 Å². The van der Waals surface area contributed by atoms with Crippen molar-refractivity contribution in [3.63, 3.8) is 0 Å². The number of anilines is 1. The third-order valence-electron chi connectivity index (χ3n) is 6.75. The molecule has 0 unspecified atom stereocenters. The average Bonchev–Trinajstić information content (AvgIpc) is 3.38. The minimum Gasteiger partial charge on any atom is -0.385 e. The highest BCUT2D eigenvalue weighted by Crippen LogP contribution is 2.41. The number of para-hydroxylation sites is 1. The normalized spacial score (nSPS) is 17.3. The van der Waals surface area contributed by atoms with Gasteiger partial charge in [-0.15, -0.1) is 0 Å². The number of hydrogen-bond donors (Lipinski definition) is 2. The zero-order valence-electron chi connectivity index (χ0n) is 20.5. The zero-order valence-corrected chi connectivity index (χ0v) is 22.1. The summed E-state index contributed by atoms with van der Waals surface area (Å²) in [6.07, 6.45) is 2.80. The number of thiocarbonyl (C=S) groups is 1. The summed E-state index contributed by atoms with van der Waals surface area (Å²) in [4.78, 5) is 7.01. The molecule has 0 bridgehead atoms. The topological polar surface area (TPSA) is 45.1 Å². The molecule has 0 spiro atoms. The fourth-order valence-electron chi connectivity index (χ4n) is 5.10. The van der Waals surface area contributed by atoms with Crippen LogP contribution in [-0.2, 0) is 0 Å². The molecule has 5 rings (SSSR count). The maximum absolute atomic E-state index is 6.16. The van der Waals surface area contributed by atoms with E-state index in [1.165, 1.54) is 17.0 Å². The average molecular weight is 516 g/mol. The Bertz CT molecular complexity index is 1320. The lowest BCUT2D eigenvalue weighted by Gasteiger charge is -2.28. The standard InChI is InChI=1S/C29H30ClN5S/c1-20-19-25(21(2)35(20)24-14-12-22(30)13-15-24)28-27(26-11-6-7-16-32-26)33-29(36)34(28)18-8-17-31-23-9-4-3-5-10-23/h3-7,9-16,19,27-28,31H,8,17-18H2,1-2H3,(H,33,36)/t27-,28-/m1/s1. The second-order valence-electron chi connectivity index (χ2n) is 9.10. The van der Waals surface area contributed by atoms with Crippen molar-refractivity contribution in [3.8, 4) is 5.69 Å². The molecule has 2 atom stereocenters. The Morgan fingerprint density at radius 1 is 1.00 bits per heavy atom. The number of halogens is 1. The smallest absolute Gasteiger partial charge is 0.170 e. The van der Waals surface area contributed by atoms with Crippen LogP contribution in [-0.4, -0.2) is 32.7 Å². The summed E-state index contributed by atoms with van der Waals surface area (Å²) in [7, 11) is 0. The molecule has 4 aromatic rings. The van der Waals surface area contributed by atoms with Crippen LogP contribution < -0.4 is 10.6 Å². The molecule has 3 heterocycles. The molecule has 2 aromatic carbocycles. The Labute approximate surface area is 223 Å². The van der Waals surface area contributed by atoms with E-state index in [0.29, 0.717) is 0 Å². The highest BCUT2D eigenvalue weighted by Gasteiger charge is 2.41. The van der Waals surface area contributed by atoms with Crippen LogP contribution in [0.25, 0.3) is 5.69 Å². The number of hydrogen-bond acceptors (Lipinski definition) is 3. The highest BCUT2D eigenvalue weighted by atomic mass is 35.5. The Kier molecular flexibility index (Phi) is 7.25. The van der Waals surface area contributed by atoms with Gasteiger partial charge in [0.1, 0.15) is 0 Å². The van der Waals surface area contributed by atoms with Crippen molar-refractivity contribution >= 4 is 34.6 Å². The molecule has 0 saturated carbocycles. The van der Waals surface area contributed by atoms with Gasteiger partial charge in [0.15, 0.2) is 5.11 Å². The molecule has 1 saturated heterocycles. The fraction of sp³-hybridized carbons (Fsp3) is 0.241. The highest BCUT2D eigenvalue weighted by molar-refractivity contribution is 7.80. The molecule has 184 valence electrons. The first-order valence-electron chi connectivity index (χ1n) is 12.2. The van der Waals surface area contributed by atoms with Gasteiger partial charge in [-0.05, 0) is 92.6 Å². The van der Waals surface area contributed by atoms with E-state index in [0.717, 1.165) is 46.7 Å². The first-order valence-corrected chi connectivity index (χ1v) is 13.0. The molecule has 0 aliphatic carbocycles. The molecule has 7 heteroatoms. The van der Waals surface area contributed by atoms with E-state index >= 15 is 0 Å². The van der Waals surface area contributed by atoms with Crippen LogP contribution in [0.2, 0.25) is 5.02 Å². The van der Waals surface area contributed by atoms with E-state index in [-0.39, 0.29) is 12.1 Å². The van der Waals surface area contributed by atoms with Gasteiger partial charge < -0.3 is 20.1 Å². The largest absolute Gasteiger partial charge is 0.385 e. The summed E-state index contributed by atoms with van der Waals surface area (Å²) in [5.74, 6) is 0. The lowest BCUT2D eigenvalue weighted by Crippen LogP contribution is -2.31. The number of aryl methyl sites for hydroxylation is 1. The molecule has 1 aliphatic rings. The van der Waals surface area contributed by atoms with Crippen LogP contribution in [0.15, 0.2) is 85.1 Å². The van der Waals surface area contributed by atoms with E-state index in [1.54, 1.807) is 0 Å². The quantitative estimate of drug-likeness (QED) is 0.204. The van der Waals surface area contributed by atoms with E-state index in [9.17, 15) is 0 Å². The maximum atomic E-state index is 6.16. The van der Waals surface area contributed by atoms with Crippen molar-refractivity contribution in [2.24, 2.45) is 0 Å². The number of rotatable bonds is 8. The summed E-state index contributed by atoms with van der Waals surface area (Å²) in [5, 5.41) is 8.60. The molecular weight excluding hydrogens is 486 g/mol. The van der Waals surface area contributed by atoms with E-state index in [2.05, 4.69) is 75.3 Å². The summed E-state index contributed by atoms with van der Waals surface area (Å²) in [5.41, 5.74) is 6.84. The molecule has 1 aliphatic heterocycles. The minimum absolute atomic E-state index is 0.0278. The molecule has 5 nitrogen and oxygen atoms in total. The molecule has 36 heavy (non-hydrogen) atoms. The first-order chi connectivity index (χ1) is 17.5. The Morgan fingerprint density at radius 3 is 2.47 bits per heavy atom. The molecule has 2 aromatic heterocycles. The van der Waals surface area contributed by atoms with Gasteiger partial charge in [-0.25, -0.2) is 0 Å². The Balaban J connectivity index is 1.45. The number of benzene rings is 2. The zero-order chi connectivity index (χ0) is 25.1. The van der Waals surface area contributed by atoms with Gasteiger partial charge in [0.2, 0.25) is 0 Å². The Morgan fingerprint density at radius 2 is 1.75 bits per heavy atom. The van der Waals surface area contributed by atoms with E-state index in [1.807, 2.05) is 48.7 Å². The van der Waals surface area contributed by atoms with Gasteiger partial charge in [0.25, 0.3) is 0 Å². The van der Waals surface area contributed by atoms with Gasteiger partial charge >= 0.3 is 0 Å². The maximum Gasteiger partial charge on any atom is 0.170 e. The van der Waals surface area contributed by atoms with Gasteiger partial charge in [-0.1, -0.05) is 35.9 Å². The number of pyridine rings is 1. The van der Waals surface area contributed by atoms with Crippen molar-refractivity contribution in [1.82, 2.24) is 19.8 Å². The van der Waals surface area contributed by atoms with Crippen molar-refractivity contribution < 1.29 is 0 Å². The van der Waals surface area contributed by atoms with Crippen LogP contribution in [0.3, 0.4) is 0 Å². The van der Waals surface area contributed by atoms with Gasteiger partial charge in [0, 0.05) is 47.1 Å². The molecule has 2 N–H and O–H groups in total. The number of aromatic nitrogens is 2. The molecule has 0 amide bonds. The summed E-state index contributed by atoms with van der Waals surface area (Å²) >= 11 is 12.0. The lowest BCUT2D eigenvalue weighted by molar-refractivity contribution is 0.315. The van der Waals surface area contributed by atoms with Crippen molar-refractivity contribution in [1.29, 1.82) is 0 Å². The van der Waals surface area contributed by atoms with Crippen molar-refractivity contribution in [2.45, 2.75) is 32.4 Å². The van der Waals surface area contributed by atoms with E-state index in [4.69, 9.17) is 23.8 Å². The summed E-state index contributed by atoms with van der Waals surface area (Å²) in [6.45, 7) is 6.04. The predicted molar refractivity (Wildman–Crippen MR) is 152 cm³/mol. The van der Waals surface area contributed by atoms with Gasteiger partial charge in [-0.2, -0.15) is 0 Å². The number of nitrogens with one attached hydrogen (secondary N) is 2. The van der Waals surface area contributed by atoms with Crippen LogP contribution in [0.1, 0.15) is 41.1 Å². The fourth-order valence-corrected chi connectivity index (χ4v) is 5.56. The third-order valence-corrected chi connectivity index (χ3v) is 7.35. The van der Waals surface area contributed by atoms with Crippen LogP contribution >= 0.6 is 23.8 Å². The van der Waals surface area contributed by atoms with Gasteiger partial charge in [-0.3, -0.25) is 4.98 Å². The first kappa shape index (κ1) is 24.3. The van der Waals surface area contributed by atoms with Crippen molar-refractivity contribution in [3.05, 3.63) is 113 Å². The molecule has 0 radical (unpaired) electrons. The minimum atomic E-state index is -0.0278. The number of nitrogens with zero attached hydrogens (tertiary/aromatic N) is 3. The second kappa shape index (κ2) is 10.7. The third kappa shape index (κ3) is 4.97. The second-order valence-corrected chi connectivity index (χ2v) is 9.93. The summed E-state index contributed by atoms with van der Waals surface area (Å²) < 4.78 is 2.29. The molecule has 1 fully saturated rings. The van der Waals surface area contributed by atoms with Gasteiger partial charge in [0.05, 0.1) is 17.8 Å². The lowest BCUT2D eigenvalue weighted by atomic mass is 9.96. The monoisotopic (exact) mass is 515 g/mol. The molecular formula is C29H30ClN5S. The van der Waals surface area contributed by atoms with Crippen LogP contribution in [0.4, 0.5) is 5.69 Å². The summed E-state index contributed by atoms with van der Waals surface area (Å²) in [6, 6.07) is 26.7. The Hall–Kier alpha value is -3.35. The SMILES string of the molecule is Cc1cc([C@@H]2[C@@H](c3ccccn3)NC(=S)N2CCCNc2ccccc2)c(C)n1-c1ccc(Cl)cc1. The van der Waals surface area contributed by atoms with Crippen LogP contribution in [0, 0.1) is 13.8 Å². The predicted octanol–water partition coefficient (Wildman–Crippen LogP) is 6.62. The van der Waals surface area contributed by atoms with Crippen molar-refractivity contribution in [2.75, 3.05) is 18.4 Å².